The molecule has 3 aromatic rings. The fourth-order valence-electron chi connectivity index (χ4n) is 3.15. The molecule has 0 unspecified atom stereocenters. The number of ketones is 1. The molecule has 0 N–H and O–H groups in total. The van der Waals surface area contributed by atoms with Crippen molar-refractivity contribution in [2.75, 3.05) is 5.75 Å². The van der Waals surface area contributed by atoms with Crippen molar-refractivity contribution in [2.45, 2.75) is 38.9 Å². The summed E-state index contributed by atoms with van der Waals surface area (Å²) in [5.74, 6) is 0.737. The molecule has 0 saturated heterocycles. The van der Waals surface area contributed by atoms with Crippen molar-refractivity contribution in [3.8, 4) is 11.4 Å². The van der Waals surface area contributed by atoms with E-state index in [1.807, 2.05) is 31.5 Å². The molecule has 0 atom stereocenters. The first-order chi connectivity index (χ1) is 12.9. The van der Waals surface area contributed by atoms with Crippen LogP contribution in [0.4, 0.5) is 4.39 Å². The lowest BCUT2D eigenvalue weighted by molar-refractivity contribution is 0.102. The highest BCUT2D eigenvalue weighted by molar-refractivity contribution is 7.99. The maximum Gasteiger partial charge on any atom is 0.191 e. The number of thioether (sulfide) groups is 1. The average Bonchev–Trinajstić information content (AvgIpc) is 3.15. The van der Waals surface area contributed by atoms with Gasteiger partial charge in [0.2, 0.25) is 0 Å². The molecule has 0 bridgehead atoms. The van der Waals surface area contributed by atoms with Crippen LogP contribution in [0.1, 0.15) is 35.1 Å². The molecular weight excluding hydrogens is 363 g/mol. The molecule has 0 amide bonds. The normalized spacial score (nSPS) is 11.1. The topological polar surface area (TPSA) is 52.7 Å². The zero-order valence-electron chi connectivity index (χ0n) is 16.0. The summed E-state index contributed by atoms with van der Waals surface area (Å²) in [6, 6.07) is 8.09. The highest BCUT2D eigenvalue weighted by Crippen LogP contribution is 2.24. The van der Waals surface area contributed by atoms with E-state index in [-0.39, 0.29) is 11.6 Å². The van der Waals surface area contributed by atoms with Gasteiger partial charge in [-0.15, -0.1) is 10.2 Å². The number of hydrogen-bond acceptors (Lipinski definition) is 4. The van der Waals surface area contributed by atoms with Gasteiger partial charge in [-0.2, -0.15) is 0 Å². The summed E-state index contributed by atoms with van der Waals surface area (Å²) in [6.07, 6.45) is 1.03. The quantitative estimate of drug-likeness (QED) is 0.445. The van der Waals surface area contributed by atoms with Gasteiger partial charge < -0.3 is 9.13 Å². The lowest BCUT2D eigenvalue weighted by Crippen LogP contribution is -2.07. The minimum Gasteiger partial charge on any atom is -0.348 e. The van der Waals surface area contributed by atoms with Gasteiger partial charge in [0.25, 0.3) is 0 Å². The summed E-state index contributed by atoms with van der Waals surface area (Å²) in [6.45, 7) is 7.07. The van der Waals surface area contributed by atoms with E-state index >= 15 is 0 Å². The Hall–Kier alpha value is -2.41. The Kier molecular flexibility index (Phi) is 5.79. The number of hydrogen-bond donors (Lipinski definition) is 0. The van der Waals surface area contributed by atoms with Crippen LogP contribution in [-0.4, -0.2) is 30.9 Å². The van der Waals surface area contributed by atoms with Crippen molar-refractivity contribution < 1.29 is 9.18 Å². The third kappa shape index (κ3) is 3.98. The Balaban J connectivity index is 1.73. The van der Waals surface area contributed by atoms with E-state index in [2.05, 4.69) is 21.7 Å². The summed E-state index contributed by atoms with van der Waals surface area (Å²) in [5.41, 5.74) is 3.69. The molecule has 0 aliphatic carbocycles. The summed E-state index contributed by atoms with van der Waals surface area (Å²) in [5, 5.41) is 9.02. The number of Topliss-reactive ketones (excluding diaryl/α,β-unsaturated/α-hetero) is 1. The van der Waals surface area contributed by atoms with Crippen molar-refractivity contribution in [3.05, 3.63) is 53.1 Å². The van der Waals surface area contributed by atoms with Gasteiger partial charge in [0.05, 0.1) is 5.75 Å². The molecule has 5 nitrogen and oxygen atoms in total. The lowest BCUT2D eigenvalue weighted by atomic mass is 10.2. The van der Waals surface area contributed by atoms with E-state index < -0.39 is 0 Å². The molecule has 0 aliphatic rings. The van der Waals surface area contributed by atoms with Crippen LogP contribution in [0, 0.1) is 19.7 Å². The molecule has 0 spiro atoms. The molecule has 0 radical (unpaired) electrons. The summed E-state index contributed by atoms with van der Waals surface area (Å²) < 4.78 is 17.1. The molecule has 0 saturated carbocycles. The van der Waals surface area contributed by atoms with E-state index in [1.165, 1.54) is 23.9 Å². The number of carbonyl (C=O) groups is 1. The molecule has 2 heterocycles. The first-order valence-corrected chi connectivity index (χ1v) is 9.89. The van der Waals surface area contributed by atoms with Gasteiger partial charge in [-0.25, -0.2) is 4.39 Å². The number of nitrogens with zero attached hydrogens (tertiary/aromatic N) is 4. The SMILES string of the molecule is CCCn1c(C)cc(C(=O)CSc2nnc(-c3ccc(F)cc3)n2C)c1C. The van der Waals surface area contributed by atoms with E-state index in [0.29, 0.717) is 16.7 Å². The van der Waals surface area contributed by atoms with Crippen molar-refractivity contribution in [1.82, 2.24) is 19.3 Å². The zero-order chi connectivity index (χ0) is 19.6. The van der Waals surface area contributed by atoms with Crippen LogP contribution in [0.15, 0.2) is 35.5 Å². The summed E-state index contributed by atoms with van der Waals surface area (Å²) in [4.78, 5) is 12.7. The number of aryl methyl sites for hydroxylation is 1. The lowest BCUT2D eigenvalue weighted by Gasteiger charge is -2.07. The van der Waals surface area contributed by atoms with Crippen LogP contribution < -0.4 is 0 Å². The Morgan fingerprint density at radius 1 is 1.19 bits per heavy atom. The Morgan fingerprint density at radius 3 is 2.56 bits per heavy atom. The first kappa shape index (κ1) is 19.4. The van der Waals surface area contributed by atoms with Crippen molar-refractivity contribution in [1.29, 1.82) is 0 Å². The fourth-order valence-corrected chi connectivity index (χ4v) is 3.94. The van der Waals surface area contributed by atoms with Crippen LogP contribution in [0.2, 0.25) is 0 Å². The number of benzene rings is 1. The number of halogens is 1. The number of rotatable bonds is 7. The Bertz CT molecular complexity index is 959. The third-order valence-electron chi connectivity index (χ3n) is 4.59. The largest absolute Gasteiger partial charge is 0.348 e. The monoisotopic (exact) mass is 386 g/mol. The second-order valence-corrected chi connectivity index (χ2v) is 7.46. The van der Waals surface area contributed by atoms with Crippen LogP contribution in [0.3, 0.4) is 0 Å². The van der Waals surface area contributed by atoms with Crippen LogP contribution in [0.5, 0.6) is 0 Å². The standard InChI is InChI=1S/C20H23FN4OS/c1-5-10-25-13(2)11-17(14(25)3)18(26)12-27-20-23-22-19(24(20)4)15-6-8-16(21)9-7-15/h6-9,11H,5,10,12H2,1-4H3. The van der Waals surface area contributed by atoms with Gasteiger partial charge in [-0.05, 0) is 50.6 Å². The predicted molar refractivity (Wildman–Crippen MR) is 106 cm³/mol. The molecule has 7 heteroatoms. The second-order valence-electron chi connectivity index (χ2n) is 6.52. The van der Waals surface area contributed by atoms with Gasteiger partial charge in [0.15, 0.2) is 16.8 Å². The smallest absolute Gasteiger partial charge is 0.191 e. The fraction of sp³-hybridized carbons (Fsp3) is 0.350. The van der Waals surface area contributed by atoms with E-state index in [4.69, 9.17) is 0 Å². The maximum absolute atomic E-state index is 13.1. The molecule has 142 valence electrons. The molecule has 3 rings (SSSR count). The Morgan fingerprint density at radius 2 is 1.89 bits per heavy atom. The molecule has 2 aromatic heterocycles. The maximum atomic E-state index is 13.1. The molecule has 1 aromatic carbocycles. The van der Waals surface area contributed by atoms with Crippen LogP contribution in [0.25, 0.3) is 11.4 Å². The zero-order valence-corrected chi connectivity index (χ0v) is 16.8. The summed E-state index contributed by atoms with van der Waals surface area (Å²) in [7, 11) is 1.85. The van der Waals surface area contributed by atoms with Crippen LogP contribution in [-0.2, 0) is 13.6 Å². The van der Waals surface area contributed by atoms with E-state index in [9.17, 15) is 9.18 Å². The molecule has 27 heavy (non-hydrogen) atoms. The van der Waals surface area contributed by atoms with Crippen molar-refractivity contribution in [3.63, 3.8) is 0 Å². The first-order valence-electron chi connectivity index (χ1n) is 8.90. The number of aromatic nitrogens is 4. The van der Waals surface area contributed by atoms with Crippen molar-refractivity contribution >= 4 is 17.5 Å². The highest BCUT2D eigenvalue weighted by Gasteiger charge is 2.18. The molecular formula is C20H23FN4OS. The predicted octanol–water partition coefficient (Wildman–Crippen LogP) is 4.42. The minimum atomic E-state index is -0.290. The van der Waals surface area contributed by atoms with Gasteiger partial charge >= 0.3 is 0 Å². The average molecular weight is 386 g/mol. The minimum absolute atomic E-state index is 0.0850. The second kappa shape index (κ2) is 8.08. The van der Waals surface area contributed by atoms with Gasteiger partial charge in [0, 0.05) is 36.1 Å². The molecule has 0 fully saturated rings. The third-order valence-corrected chi connectivity index (χ3v) is 5.61. The van der Waals surface area contributed by atoms with Gasteiger partial charge in [-0.3, -0.25) is 4.79 Å². The van der Waals surface area contributed by atoms with Gasteiger partial charge in [-0.1, -0.05) is 18.7 Å². The van der Waals surface area contributed by atoms with E-state index in [1.54, 1.807) is 12.1 Å². The highest BCUT2D eigenvalue weighted by atomic mass is 32.2. The summed E-state index contributed by atoms with van der Waals surface area (Å²) >= 11 is 1.36. The Labute approximate surface area is 162 Å². The van der Waals surface area contributed by atoms with Crippen LogP contribution >= 0.6 is 11.8 Å². The number of carbonyl (C=O) groups excluding carboxylic acids is 1. The van der Waals surface area contributed by atoms with Crippen molar-refractivity contribution in [2.24, 2.45) is 7.05 Å². The van der Waals surface area contributed by atoms with E-state index in [0.717, 1.165) is 35.5 Å². The molecule has 0 aliphatic heterocycles. The van der Waals surface area contributed by atoms with Gasteiger partial charge in [0.1, 0.15) is 5.82 Å².